The lowest BCUT2D eigenvalue weighted by Gasteiger charge is -2.07. The summed E-state index contributed by atoms with van der Waals surface area (Å²) in [5.41, 5.74) is 1.69. The summed E-state index contributed by atoms with van der Waals surface area (Å²) < 4.78 is 0. The predicted octanol–water partition coefficient (Wildman–Crippen LogP) is 2.44. The molecular formula is C15H17N3O. The molecule has 1 aromatic carbocycles. The zero-order valence-electron chi connectivity index (χ0n) is 10.9. The van der Waals surface area contributed by atoms with Crippen molar-refractivity contribution in [2.75, 3.05) is 11.9 Å². The zero-order valence-corrected chi connectivity index (χ0v) is 10.9. The third kappa shape index (κ3) is 3.81. The van der Waals surface area contributed by atoms with Crippen LogP contribution in [0.1, 0.15) is 22.8 Å². The molecule has 4 nitrogen and oxygen atoms in total. The fourth-order valence-electron chi connectivity index (χ4n) is 1.73. The molecule has 0 fully saturated rings. The van der Waals surface area contributed by atoms with E-state index in [1.807, 2.05) is 37.3 Å². The first-order valence-electron chi connectivity index (χ1n) is 6.31. The van der Waals surface area contributed by atoms with Gasteiger partial charge < -0.3 is 10.6 Å². The monoisotopic (exact) mass is 255 g/mol. The molecule has 0 bridgehead atoms. The molecule has 0 aliphatic rings. The zero-order chi connectivity index (χ0) is 13.5. The molecule has 2 N–H and O–H groups in total. The van der Waals surface area contributed by atoms with Crippen LogP contribution >= 0.6 is 0 Å². The average molecular weight is 255 g/mol. The number of benzene rings is 1. The lowest BCUT2D eigenvalue weighted by atomic mass is 10.2. The smallest absolute Gasteiger partial charge is 0.251 e. The number of nitrogens with one attached hydrogen (secondary N) is 2. The molecule has 4 heteroatoms. The first-order valence-corrected chi connectivity index (χ1v) is 6.31. The van der Waals surface area contributed by atoms with Crippen LogP contribution in [0.25, 0.3) is 0 Å². The number of hydrogen-bond donors (Lipinski definition) is 2. The van der Waals surface area contributed by atoms with Gasteiger partial charge in [0.25, 0.3) is 5.91 Å². The van der Waals surface area contributed by atoms with Crippen molar-refractivity contribution in [1.29, 1.82) is 0 Å². The van der Waals surface area contributed by atoms with Crippen LogP contribution in [0.2, 0.25) is 0 Å². The van der Waals surface area contributed by atoms with Crippen LogP contribution in [-0.4, -0.2) is 17.4 Å². The van der Waals surface area contributed by atoms with Gasteiger partial charge >= 0.3 is 0 Å². The van der Waals surface area contributed by atoms with Gasteiger partial charge in [-0.05, 0) is 24.6 Å². The van der Waals surface area contributed by atoms with Gasteiger partial charge in [-0.2, -0.15) is 0 Å². The van der Waals surface area contributed by atoms with E-state index in [9.17, 15) is 4.79 Å². The summed E-state index contributed by atoms with van der Waals surface area (Å²) in [5.74, 6) is 0.625. The highest BCUT2D eigenvalue weighted by Crippen LogP contribution is 2.07. The number of carbonyl (C=O) groups is 1. The molecule has 0 atom stereocenters. The first-order chi connectivity index (χ1) is 9.29. The third-order valence-electron chi connectivity index (χ3n) is 2.68. The summed E-state index contributed by atoms with van der Waals surface area (Å²) in [6, 6.07) is 13.3. The number of aromatic nitrogens is 1. The van der Waals surface area contributed by atoms with E-state index < -0.39 is 0 Å². The lowest BCUT2D eigenvalue weighted by molar-refractivity contribution is 0.0951. The Kier molecular flexibility index (Phi) is 4.50. The van der Waals surface area contributed by atoms with Gasteiger partial charge in [-0.25, -0.2) is 4.98 Å². The van der Waals surface area contributed by atoms with Crippen molar-refractivity contribution >= 4 is 11.7 Å². The number of rotatable bonds is 5. The second-order valence-electron chi connectivity index (χ2n) is 4.13. The number of hydrogen-bond acceptors (Lipinski definition) is 3. The van der Waals surface area contributed by atoms with Crippen LogP contribution in [-0.2, 0) is 6.54 Å². The number of amides is 1. The summed E-state index contributed by atoms with van der Waals surface area (Å²) in [4.78, 5) is 16.1. The quantitative estimate of drug-likeness (QED) is 0.862. The van der Waals surface area contributed by atoms with Gasteiger partial charge in [0.15, 0.2) is 0 Å². The Labute approximate surface area is 112 Å². The Balaban J connectivity index is 1.98. The Hall–Kier alpha value is -2.36. The highest BCUT2D eigenvalue weighted by atomic mass is 16.1. The highest BCUT2D eigenvalue weighted by molar-refractivity contribution is 5.94. The van der Waals surface area contributed by atoms with Gasteiger partial charge in [-0.15, -0.1) is 0 Å². The predicted molar refractivity (Wildman–Crippen MR) is 76.0 cm³/mol. The summed E-state index contributed by atoms with van der Waals surface area (Å²) in [7, 11) is 0. The van der Waals surface area contributed by atoms with Crippen molar-refractivity contribution in [2.24, 2.45) is 0 Å². The van der Waals surface area contributed by atoms with Gasteiger partial charge in [-0.3, -0.25) is 4.79 Å². The second-order valence-corrected chi connectivity index (χ2v) is 4.13. The molecular weight excluding hydrogens is 238 g/mol. The largest absolute Gasteiger partial charge is 0.370 e. The topological polar surface area (TPSA) is 54.0 Å². The molecule has 2 aromatic rings. The van der Waals surface area contributed by atoms with E-state index in [-0.39, 0.29) is 5.91 Å². The third-order valence-corrected chi connectivity index (χ3v) is 2.68. The van der Waals surface area contributed by atoms with Crippen molar-refractivity contribution in [1.82, 2.24) is 10.3 Å². The fraction of sp³-hybridized carbons (Fsp3) is 0.200. The van der Waals surface area contributed by atoms with E-state index in [0.717, 1.165) is 17.9 Å². The van der Waals surface area contributed by atoms with Gasteiger partial charge in [0.05, 0.1) is 0 Å². The molecule has 1 heterocycles. The van der Waals surface area contributed by atoms with Gasteiger partial charge in [0, 0.05) is 24.8 Å². The van der Waals surface area contributed by atoms with Crippen LogP contribution in [0.4, 0.5) is 5.82 Å². The highest BCUT2D eigenvalue weighted by Gasteiger charge is 2.06. The van der Waals surface area contributed by atoms with E-state index in [2.05, 4.69) is 15.6 Å². The molecule has 0 unspecified atom stereocenters. The molecule has 0 aliphatic heterocycles. The first kappa shape index (κ1) is 13.1. The maximum absolute atomic E-state index is 12.0. The molecule has 0 spiro atoms. The Morgan fingerprint density at radius 1 is 1.21 bits per heavy atom. The van der Waals surface area contributed by atoms with Crippen LogP contribution in [0.5, 0.6) is 0 Å². The standard InChI is InChI=1S/C15H17N3O/c1-2-16-14-10-13(8-9-17-14)15(19)18-11-12-6-4-3-5-7-12/h3-10H,2,11H2,1H3,(H,16,17)(H,18,19). The lowest BCUT2D eigenvalue weighted by Crippen LogP contribution is -2.22. The number of carbonyl (C=O) groups excluding carboxylic acids is 1. The van der Waals surface area contributed by atoms with Crippen molar-refractivity contribution in [3.63, 3.8) is 0 Å². The molecule has 0 saturated heterocycles. The van der Waals surface area contributed by atoms with E-state index in [1.54, 1.807) is 18.3 Å². The summed E-state index contributed by atoms with van der Waals surface area (Å²) in [5, 5.41) is 5.98. The normalized spacial score (nSPS) is 9.95. The molecule has 1 aromatic heterocycles. The van der Waals surface area contributed by atoms with Crippen molar-refractivity contribution in [2.45, 2.75) is 13.5 Å². The van der Waals surface area contributed by atoms with Gasteiger partial charge in [-0.1, -0.05) is 30.3 Å². The number of nitrogens with zero attached hydrogens (tertiary/aromatic N) is 1. The minimum absolute atomic E-state index is 0.0922. The fourth-order valence-corrected chi connectivity index (χ4v) is 1.73. The second kappa shape index (κ2) is 6.54. The van der Waals surface area contributed by atoms with Crippen LogP contribution in [0.15, 0.2) is 48.7 Å². The van der Waals surface area contributed by atoms with Crippen molar-refractivity contribution in [3.05, 3.63) is 59.8 Å². The molecule has 0 saturated carbocycles. The average Bonchev–Trinajstić information content (AvgIpc) is 2.46. The van der Waals surface area contributed by atoms with E-state index >= 15 is 0 Å². The Bertz CT molecular complexity index is 540. The van der Waals surface area contributed by atoms with Crippen molar-refractivity contribution < 1.29 is 4.79 Å². The minimum Gasteiger partial charge on any atom is -0.370 e. The summed E-state index contributed by atoms with van der Waals surface area (Å²) in [6.45, 7) is 3.30. The molecule has 0 aliphatic carbocycles. The SMILES string of the molecule is CCNc1cc(C(=O)NCc2ccccc2)ccn1. The van der Waals surface area contributed by atoms with Crippen molar-refractivity contribution in [3.8, 4) is 0 Å². The van der Waals surface area contributed by atoms with Crippen LogP contribution in [0, 0.1) is 0 Å². The Morgan fingerprint density at radius 2 is 2.00 bits per heavy atom. The number of anilines is 1. The van der Waals surface area contributed by atoms with Crippen LogP contribution in [0.3, 0.4) is 0 Å². The summed E-state index contributed by atoms with van der Waals surface area (Å²) in [6.07, 6.45) is 1.63. The molecule has 0 radical (unpaired) electrons. The Morgan fingerprint density at radius 3 is 2.74 bits per heavy atom. The number of pyridine rings is 1. The molecule has 19 heavy (non-hydrogen) atoms. The van der Waals surface area contributed by atoms with Gasteiger partial charge in [0.1, 0.15) is 5.82 Å². The minimum atomic E-state index is -0.0922. The van der Waals surface area contributed by atoms with Crippen LogP contribution < -0.4 is 10.6 Å². The van der Waals surface area contributed by atoms with E-state index in [0.29, 0.717) is 12.1 Å². The maximum atomic E-state index is 12.0. The molecule has 1 amide bonds. The molecule has 98 valence electrons. The van der Waals surface area contributed by atoms with Gasteiger partial charge in [0.2, 0.25) is 0 Å². The summed E-state index contributed by atoms with van der Waals surface area (Å²) >= 11 is 0. The molecule has 2 rings (SSSR count). The van der Waals surface area contributed by atoms with E-state index in [1.165, 1.54) is 0 Å². The van der Waals surface area contributed by atoms with E-state index in [4.69, 9.17) is 0 Å². The maximum Gasteiger partial charge on any atom is 0.251 e.